The van der Waals surface area contributed by atoms with Gasteiger partial charge in [-0.05, 0) is 49.4 Å². The highest BCUT2D eigenvalue weighted by atomic mass is 16.2. The number of amides is 1. The van der Waals surface area contributed by atoms with Crippen LogP contribution in [0.2, 0.25) is 0 Å². The van der Waals surface area contributed by atoms with Crippen molar-refractivity contribution in [3.8, 4) is 0 Å². The van der Waals surface area contributed by atoms with Crippen molar-refractivity contribution < 1.29 is 9.69 Å². The molecule has 4 nitrogen and oxygen atoms in total. The third-order valence-electron chi connectivity index (χ3n) is 6.23. The Bertz CT molecular complexity index is 796. The molecule has 0 saturated carbocycles. The van der Waals surface area contributed by atoms with Gasteiger partial charge in [0.05, 0.1) is 26.2 Å². The standard InChI is InChI=1S/C24H33N3O/c1-5-18(2)21-11-7-8-12-22(21)25-24(28)20(4)26-14-16-27(17-15-26)23-13-9-6-10-19(23)3/h6-13,18,20H,5,14-17H2,1-4H3,(H,25,28)/p+1/t18-,20+/m1/s1. The molecular weight excluding hydrogens is 346 g/mol. The first-order valence-corrected chi connectivity index (χ1v) is 10.6. The normalized spacial score (nSPS) is 17.2. The lowest BCUT2D eigenvalue weighted by molar-refractivity contribution is -0.914. The molecule has 1 heterocycles. The summed E-state index contributed by atoms with van der Waals surface area (Å²) in [6.07, 6.45) is 1.06. The van der Waals surface area contributed by atoms with E-state index >= 15 is 0 Å². The van der Waals surface area contributed by atoms with E-state index in [9.17, 15) is 4.79 Å². The monoisotopic (exact) mass is 380 g/mol. The fraction of sp³-hybridized carbons (Fsp3) is 0.458. The molecule has 2 atom stereocenters. The van der Waals surface area contributed by atoms with Crippen LogP contribution in [-0.4, -0.2) is 38.1 Å². The first-order chi connectivity index (χ1) is 13.5. The summed E-state index contributed by atoms with van der Waals surface area (Å²) in [4.78, 5) is 16.7. The number of quaternary nitrogens is 1. The molecule has 2 aromatic carbocycles. The second-order valence-electron chi connectivity index (χ2n) is 8.04. The number of para-hydroxylation sites is 2. The lowest BCUT2D eigenvalue weighted by atomic mass is 9.97. The Balaban J connectivity index is 1.60. The first-order valence-electron chi connectivity index (χ1n) is 10.6. The summed E-state index contributed by atoms with van der Waals surface area (Å²) in [5.74, 6) is 0.562. The van der Waals surface area contributed by atoms with Crippen molar-refractivity contribution in [2.75, 3.05) is 36.4 Å². The Morgan fingerprint density at radius 3 is 2.39 bits per heavy atom. The second kappa shape index (κ2) is 9.24. The van der Waals surface area contributed by atoms with Gasteiger partial charge >= 0.3 is 0 Å². The van der Waals surface area contributed by atoms with Crippen molar-refractivity contribution in [2.45, 2.75) is 46.1 Å². The maximum atomic E-state index is 12.9. The van der Waals surface area contributed by atoms with Crippen molar-refractivity contribution in [3.05, 3.63) is 59.7 Å². The number of carbonyl (C=O) groups excluding carboxylic acids is 1. The van der Waals surface area contributed by atoms with Crippen LogP contribution in [0.5, 0.6) is 0 Å². The zero-order chi connectivity index (χ0) is 20.1. The molecule has 1 saturated heterocycles. The number of anilines is 2. The van der Waals surface area contributed by atoms with Crippen LogP contribution < -0.4 is 15.1 Å². The molecule has 1 amide bonds. The Labute approximate surface area is 169 Å². The number of aryl methyl sites for hydroxylation is 1. The van der Waals surface area contributed by atoms with E-state index in [0.717, 1.165) is 38.3 Å². The summed E-state index contributed by atoms with van der Waals surface area (Å²) < 4.78 is 0. The van der Waals surface area contributed by atoms with E-state index in [1.165, 1.54) is 21.7 Å². The van der Waals surface area contributed by atoms with Gasteiger partial charge < -0.3 is 15.1 Å². The van der Waals surface area contributed by atoms with Crippen LogP contribution in [0.1, 0.15) is 44.2 Å². The Morgan fingerprint density at radius 1 is 1.07 bits per heavy atom. The maximum absolute atomic E-state index is 12.9. The fourth-order valence-electron chi connectivity index (χ4n) is 4.07. The molecule has 4 heteroatoms. The molecule has 0 aromatic heterocycles. The van der Waals surface area contributed by atoms with Gasteiger partial charge in [0.25, 0.3) is 5.91 Å². The highest BCUT2D eigenvalue weighted by Gasteiger charge is 2.30. The van der Waals surface area contributed by atoms with Gasteiger partial charge in [0, 0.05) is 11.4 Å². The van der Waals surface area contributed by atoms with Crippen LogP contribution in [-0.2, 0) is 4.79 Å². The average molecular weight is 381 g/mol. The molecule has 2 aromatic rings. The van der Waals surface area contributed by atoms with Crippen LogP contribution in [0.15, 0.2) is 48.5 Å². The van der Waals surface area contributed by atoms with Gasteiger partial charge in [-0.15, -0.1) is 0 Å². The Kier molecular flexibility index (Phi) is 6.74. The summed E-state index contributed by atoms with van der Waals surface area (Å²) >= 11 is 0. The van der Waals surface area contributed by atoms with Crippen molar-refractivity contribution >= 4 is 17.3 Å². The Morgan fingerprint density at radius 2 is 1.71 bits per heavy atom. The number of rotatable bonds is 6. The topological polar surface area (TPSA) is 36.8 Å². The molecular formula is C24H34N3O+. The third-order valence-corrected chi connectivity index (χ3v) is 6.23. The van der Waals surface area contributed by atoms with Gasteiger partial charge in [0.1, 0.15) is 0 Å². The number of benzene rings is 2. The van der Waals surface area contributed by atoms with Gasteiger partial charge in [-0.1, -0.05) is 50.2 Å². The number of nitrogens with one attached hydrogen (secondary N) is 2. The molecule has 3 rings (SSSR count). The van der Waals surface area contributed by atoms with Crippen LogP contribution in [0.4, 0.5) is 11.4 Å². The van der Waals surface area contributed by atoms with Crippen LogP contribution in [0.3, 0.4) is 0 Å². The first kappa shape index (κ1) is 20.4. The molecule has 0 radical (unpaired) electrons. The SMILES string of the molecule is CC[C@@H](C)c1ccccc1NC(=O)[C@H](C)[NH+]1CCN(c2ccccc2C)CC1. The highest BCUT2D eigenvalue weighted by molar-refractivity contribution is 5.94. The summed E-state index contributed by atoms with van der Waals surface area (Å²) in [5, 5.41) is 3.20. The zero-order valence-corrected chi connectivity index (χ0v) is 17.7. The minimum atomic E-state index is -0.0518. The molecule has 0 aliphatic carbocycles. The highest BCUT2D eigenvalue weighted by Crippen LogP contribution is 2.26. The van der Waals surface area contributed by atoms with E-state index in [2.05, 4.69) is 74.3 Å². The molecule has 1 aliphatic rings. The van der Waals surface area contributed by atoms with Gasteiger partial charge in [-0.25, -0.2) is 0 Å². The molecule has 1 fully saturated rings. The molecule has 0 spiro atoms. The third kappa shape index (κ3) is 4.56. The van der Waals surface area contributed by atoms with Gasteiger partial charge in [0.15, 0.2) is 6.04 Å². The summed E-state index contributed by atoms with van der Waals surface area (Å²) in [6.45, 7) is 12.6. The summed E-state index contributed by atoms with van der Waals surface area (Å²) in [5.41, 5.74) is 4.83. The zero-order valence-electron chi connectivity index (χ0n) is 17.7. The van der Waals surface area contributed by atoms with E-state index in [-0.39, 0.29) is 11.9 Å². The minimum absolute atomic E-state index is 0.0518. The molecule has 0 bridgehead atoms. The minimum Gasteiger partial charge on any atom is -0.360 e. The number of hydrogen-bond acceptors (Lipinski definition) is 2. The van der Waals surface area contributed by atoms with E-state index in [1.807, 2.05) is 12.1 Å². The van der Waals surface area contributed by atoms with Crippen LogP contribution in [0.25, 0.3) is 0 Å². The quantitative estimate of drug-likeness (QED) is 0.807. The van der Waals surface area contributed by atoms with E-state index in [4.69, 9.17) is 0 Å². The number of hydrogen-bond donors (Lipinski definition) is 2. The van der Waals surface area contributed by atoms with E-state index < -0.39 is 0 Å². The van der Waals surface area contributed by atoms with Crippen LogP contribution >= 0.6 is 0 Å². The smallest absolute Gasteiger partial charge is 0.282 e. The molecule has 150 valence electrons. The predicted molar refractivity (Wildman–Crippen MR) is 117 cm³/mol. The lowest BCUT2D eigenvalue weighted by Crippen LogP contribution is -3.19. The lowest BCUT2D eigenvalue weighted by Gasteiger charge is -2.36. The van der Waals surface area contributed by atoms with Crippen molar-refractivity contribution in [1.29, 1.82) is 0 Å². The molecule has 0 unspecified atom stereocenters. The van der Waals surface area contributed by atoms with E-state index in [1.54, 1.807) is 0 Å². The van der Waals surface area contributed by atoms with Crippen molar-refractivity contribution in [2.24, 2.45) is 0 Å². The average Bonchev–Trinajstić information content (AvgIpc) is 2.73. The van der Waals surface area contributed by atoms with Gasteiger partial charge in [-0.2, -0.15) is 0 Å². The van der Waals surface area contributed by atoms with Crippen LogP contribution in [0, 0.1) is 6.92 Å². The fourth-order valence-corrected chi connectivity index (χ4v) is 4.07. The maximum Gasteiger partial charge on any atom is 0.282 e. The van der Waals surface area contributed by atoms with Gasteiger partial charge in [0.2, 0.25) is 0 Å². The molecule has 2 N–H and O–H groups in total. The van der Waals surface area contributed by atoms with Crippen molar-refractivity contribution in [3.63, 3.8) is 0 Å². The number of piperazine rings is 1. The largest absolute Gasteiger partial charge is 0.360 e. The second-order valence-corrected chi connectivity index (χ2v) is 8.04. The van der Waals surface area contributed by atoms with E-state index in [0.29, 0.717) is 5.92 Å². The van der Waals surface area contributed by atoms with Gasteiger partial charge in [-0.3, -0.25) is 4.79 Å². The van der Waals surface area contributed by atoms with Crippen molar-refractivity contribution in [1.82, 2.24) is 0 Å². The number of carbonyl (C=O) groups is 1. The summed E-state index contributed by atoms with van der Waals surface area (Å²) in [6, 6.07) is 16.7. The molecule has 1 aliphatic heterocycles. The Hall–Kier alpha value is -2.33. The molecule has 28 heavy (non-hydrogen) atoms. The summed E-state index contributed by atoms with van der Waals surface area (Å²) in [7, 11) is 0. The number of nitrogens with zero attached hydrogens (tertiary/aromatic N) is 1. The predicted octanol–water partition coefficient (Wildman–Crippen LogP) is 3.24.